The summed E-state index contributed by atoms with van der Waals surface area (Å²) in [5, 5.41) is 0. The summed E-state index contributed by atoms with van der Waals surface area (Å²) in [5.41, 5.74) is 5.06. The van der Waals surface area contributed by atoms with E-state index in [0.717, 1.165) is 37.2 Å². The van der Waals surface area contributed by atoms with Crippen molar-refractivity contribution in [3.63, 3.8) is 0 Å². The highest BCUT2D eigenvalue weighted by molar-refractivity contribution is 5.84. The van der Waals surface area contributed by atoms with Crippen molar-refractivity contribution in [2.24, 2.45) is 5.92 Å². The molecule has 3 heteroatoms. The normalized spacial score (nSPS) is 15.3. The van der Waals surface area contributed by atoms with Crippen molar-refractivity contribution in [3.05, 3.63) is 96.1 Å². The number of anilines is 2. The lowest BCUT2D eigenvalue weighted by atomic mass is 9.82. The average molecular weight is 399 g/mol. The Bertz CT molecular complexity index is 915. The smallest absolute Gasteiger partial charge is 0.242 e. The molecule has 1 aliphatic carbocycles. The van der Waals surface area contributed by atoms with Crippen molar-refractivity contribution in [2.75, 3.05) is 25.0 Å². The molecule has 0 radical (unpaired) electrons. The summed E-state index contributed by atoms with van der Waals surface area (Å²) in [6.45, 7) is 1.15. The van der Waals surface area contributed by atoms with Gasteiger partial charge in [0.1, 0.15) is 6.54 Å². The van der Waals surface area contributed by atoms with Gasteiger partial charge in [-0.2, -0.15) is 0 Å². The molecular weight excluding hydrogens is 368 g/mol. The van der Waals surface area contributed by atoms with Gasteiger partial charge in [-0.15, -0.1) is 0 Å². The van der Waals surface area contributed by atoms with Crippen molar-refractivity contribution >= 4 is 17.3 Å². The van der Waals surface area contributed by atoms with Crippen LogP contribution < -0.4 is 4.90 Å². The first kappa shape index (κ1) is 20.2. The molecule has 1 aliphatic rings. The zero-order valence-electron chi connectivity index (χ0n) is 17.7. The van der Waals surface area contributed by atoms with Crippen LogP contribution in [0, 0.1) is 5.92 Å². The van der Waals surface area contributed by atoms with Gasteiger partial charge in [-0.1, -0.05) is 60.7 Å². The molecule has 3 nitrogen and oxygen atoms in total. The zero-order valence-corrected chi connectivity index (χ0v) is 17.7. The van der Waals surface area contributed by atoms with Crippen molar-refractivity contribution in [1.29, 1.82) is 0 Å². The lowest BCUT2D eigenvalue weighted by Crippen LogP contribution is -2.37. The van der Waals surface area contributed by atoms with Crippen LogP contribution in [0.2, 0.25) is 0 Å². The maximum absolute atomic E-state index is 13.1. The highest BCUT2D eigenvalue weighted by Gasteiger charge is 2.21. The van der Waals surface area contributed by atoms with Gasteiger partial charge in [0.05, 0.1) is 0 Å². The van der Waals surface area contributed by atoms with Crippen LogP contribution in [0.5, 0.6) is 0 Å². The summed E-state index contributed by atoms with van der Waals surface area (Å²) < 4.78 is 0. The fourth-order valence-electron chi connectivity index (χ4n) is 4.32. The molecule has 0 fully saturated rings. The summed E-state index contributed by atoms with van der Waals surface area (Å²) in [7, 11) is 1.94. The molecule has 0 aliphatic heterocycles. The lowest BCUT2D eigenvalue weighted by Gasteiger charge is -2.29. The van der Waals surface area contributed by atoms with Gasteiger partial charge in [-0.05, 0) is 67.0 Å². The van der Waals surface area contributed by atoms with E-state index in [-0.39, 0.29) is 5.91 Å². The number of rotatable bonds is 7. The number of para-hydroxylation sites is 2. The van der Waals surface area contributed by atoms with E-state index in [1.54, 1.807) is 0 Å². The highest BCUT2D eigenvalue weighted by atomic mass is 16.2. The summed E-state index contributed by atoms with van der Waals surface area (Å²) in [6.07, 6.45) is 4.58. The van der Waals surface area contributed by atoms with Crippen LogP contribution in [-0.4, -0.2) is 30.9 Å². The van der Waals surface area contributed by atoms with Crippen molar-refractivity contribution in [2.45, 2.75) is 25.7 Å². The van der Waals surface area contributed by atoms with Gasteiger partial charge in [0.25, 0.3) is 0 Å². The Hall–Kier alpha value is -3.07. The van der Waals surface area contributed by atoms with Crippen LogP contribution in [0.1, 0.15) is 24.0 Å². The number of benzene rings is 3. The minimum atomic E-state index is 0.152. The van der Waals surface area contributed by atoms with Gasteiger partial charge in [0, 0.05) is 25.0 Å². The van der Waals surface area contributed by atoms with Gasteiger partial charge in [-0.3, -0.25) is 4.79 Å². The first-order valence-electron chi connectivity index (χ1n) is 10.9. The van der Waals surface area contributed by atoms with Gasteiger partial charge in [-0.25, -0.2) is 0 Å². The largest absolute Gasteiger partial charge is 0.344 e. The molecule has 154 valence electrons. The molecule has 1 atom stereocenters. The molecule has 30 heavy (non-hydrogen) atoms. The van der Waals surface area contributed by atoms with E-state index in [9.17, 15) is 4.79 Å². The molecule has 0 aromatic heterocycles. The lowest BCUT2D eigenvalue weighted by molar-refractivity contribution is -0.128. The fourth-order valence-corrected chi connectivity index (χ4v) is 4.32. The van der Waals surface area contributed by atoms with Crippen LogP contribution in [0.4, 0.5) is 11.4 Å². The number of carbonyl (C=O) groups excluding carboxylic acids is 1. The van der Waals surface area contributed by atoms with Crippen molar-refractivity contribution < 1.29 is 4.79 Å². The number of hydrogen-bond donors (Lipinski definition) is 0. The molecule has 0 N–H and O–H groups in total. The Morgan fingerprint density at radius 1 is 0.833 bits per heavy atom. The summed E-state index contributed by atoms with van der Waals surface area (Å²) in [6, 6.07) is 29.1. The van der Waals surface area contributed by atoms with E-state index < -0.39 is 0 Å². The standard InChI is InChI=1S/C27H30N2O/c1-28(19-18-22-16-17-23-10-8-9-11-24(23)20-22)27(30)21-29(25-12-4-2-5-13-25)26-14-6-3-7-15-26/h2-15,22H,16-21H2,1H3. The van der Waals surface area contributed by atoms with Gasteiger partial charge in [0.15, 0.2) is 0 Å². The van der Waals surface area contributed by atoms with Crippen LogP contribution in [0.25, 0.3) is 0 Å². The van der Waals surface area contributed by atoms with Crippen molar-refractivity contribution in [1.82, 2.24) is 4.90 Å². The third-order valence-corrected chi connectivity index (χ3v) is 6.18. The maximum atomic E-state index is 13.1. The summed E-state index contributed by atoms with van der Waals surface area (Å²) >= 11 is 0. The zero-order chi connectivity index (χ0) is 20.8. The number of fused-ring (bicyclic) bond motifs is 1. The SMILES string of the molecule is CN(CCC1CCc2ccccc2C1)C(=O)CN(c1ccccc1)c1ccccc1. The molecule has 0 saturated heterocycles. The first-order valence-corrected chi connectivity index (χ1v) is 10.9. The monoisotopic (exact) mass is 398 g/mol. The second-order valence-electron chi connectivity index (χ2n) is 8.24. The molecular formula is C27H30N2O. The third-order valence-electron chi connectivity index (χ3n) is 6.18. The van der Waals surface area contributed by atoms with E-state index in [4.69, 9.17) is 0 Å². The van der Waals surface area contributed by atoms with Gasteiger partial charge >= 0.3 is 0 Å². The number of likely N-dealkylation sites (N-methyl/N-ethyl adjacent to an activating group) is 1. The molecule has 0 heterocycles. The van der Waals surface area contributed by atoms with Crippen LogP contribution in [0.15, 0.2) is 84.9 Å². The Kier molecular flexibility index (Phi) is 6.48. The molecule has 3 aromatic rings. The third kappa shape index (κ3) is 4.91. The number of carbonyl (C=O) groups is 1. The first-order chi connectivity index (χ1) is 14.7. The highest BCUT2D eigenvalue weighted by Crippen LogP contribution is 2.28. The van der Waals surface area contributed by atoms with Crippen LogP contribution in [-0.2, 0) is 17.6 Å². The maximum Gasteiger partial charge on any atom is 0.242 e. The summed E-state index contributed by atoms with van der Waals surface area (Å²) in [4.78, 5) is 17.1. The average Bonchev–Trinajstić information content (AvgIpc) is 2.81. The van der Waals surface area contributed by atoms with Crippen LogP contribution >= 0.6 is 0 Å². The second-order valence-corrected chi connectivity index (χ2v) is 8.24. The van der Waals surface area contributed by atoms with Crippen molar-refractivity contribution in [3.8, 4) is 0 Å². The van der Waals surface area contributed by atoms with E-state index in [1.165, 1.54) is 17.5 Å². The molecule has 3 aromatic carbocycles. The second kappa shape index (κ2) is 9.62. The Morgan fingerprint density at radius 2 is 1.40 bits per heavy atom. The molecule has 1 unspecified atom stereocenters. The molecule has 4 rings (SSSR count). The van der Waals surface area contributed by atoms with E-state index in [1.807, 2.05) is 48.3 Å². The summed E-state index contributed by atoms with van der Waals surface area (Å²) in [5.74, 6) is 0.813. The number of hydrogen-bond acceptors (Lipinski definition) is 2. The minimum Gasteiger partial charge on any atom is -0.344 e. The fraction of sp³-hybridized carbons (Fsp3) is 0.296. The van der Waals surface area contributed by atoms with Crippen LogP contribution in [0.3, 0.4) is 0 Å². The Labute approximate surface area is 180 Å². The quantitative estimate of drug-likeness (QED) is 0.526. The molecule has 0 spiro atoms. The predicted octanol–water partition coefficient (Wildman–Crippen LogP) is 5.48. The number of nitrogens with zero attached hydrogens (tertiary/aromatic N) is 2. The van der Waals surface area contributed by atoms with E-state index >= 15 is 0 Å². The van der Waals surface area contributed by atoms with Gasteiger partial charge in [0.2, 0.25) is 5.91 Å². The predicted molar refractivity (Wildman–Crippen MR) is 124 cm³/mol. The Morgan fingerprint density at radius 3 is 2.03 bits per heavy atom. The Balaban J connectivity index is 1.37. The van der Waals surface area contributed by atoms with E-state index in [2.05, 4.69) is 53.4 Å². The number of amides is 1. The minimum absolute atomic E-state index is 0.152. The van der Waals surface area contributed by atoms with E-state index in [0.29, 0.717) is 12.5 Å². The van der Waals surface area contributed by atoms with Gasteiger partial charge < -0.3 is 9.80 Å². The molecule has 0 bridgehead atoms. The topological polar surface area (TPSA) is 23.6 Å². The molecule has 0 saturated carbocycles. The molecule has 1 amide bonds. The number of aryl methyl sites for hydroxylation is 1.